The van der Waals surface area contributed by atoms with E-state index in [9.17, 15) is 21.6 Å². The smallest absolute Gasteiger partial charge is 0.307 e. The SMILES string of the molecule is C[C@@H](N[C@H]1CCC(c2ccc(S(C)(=O)=O)cc2)C1)c1cccc(C(F)(F)F)c1. The Kier molecular flexibility index (Phi) is 5.87. The van der Waals surface area contributed by atoms with Gasteiger partial charge in [0, 0.05) is 18.3 Å². The van der Waals surface area contributed by atoms with Crippen molar-refractivity contribution in [2.45, 2.75) is 55.3 Å². The largest absolute Gasteiger partial charge is 0.416 e. The predicted molar refractivity (Wildman–Crippen MR) is 103 cm³/mol. The minimum absolute atomic E-state index is 0.182. The van der Waals surface area contributed by atoms with E-state index < -0.39 is 21.6 Å². The average molecular weight is 411 g/mol. The van der Waals surface area contributed by atoms with Crippen LogP contribution >= 0.6 is 0 Å². The summed E-state index contributed by atoms with van der Waals surface area (Å²) in [5, 5.41) is 3.45. The van der Waals surface area contributed by atoms with Crippen LogP contribution in [0, 0.1) is 0 Å². The lowest BCUT2D eigenvalue weighted by Crippen LogP contribution is -2.29. The normalized spacial score (nSPS) is 21.6. The highest BCUT2D eigenvalue weighted by Gasteiger charge is 2.31. The molecule has 2 aromatic rings. The Labute approximate surface area is 163 Å². The fourth-order valence-corrected chi connectivity index (χ4v) is 4.49. The first kappa shape index (κ1) is 20.9. The molecule has 0 saturated heterocycles. The number of halogens is 3. The zero-order chi connectivity index (χ0) is 20.5. The van der Waals surface area contributed by atoms with Gasteiger partial charge in [0.15, 0.2) is 9.84 Å². The van der Waals surface area contributed by atoms with E-state index in [0.717, 1.165) is 30.9 Å². The maximum absolute atomic E-state index is 12.9. The molecule has 3 atom stereocenters. The Hall–Kier alpha value is -1.86. The van der Waals surface area contributed by atoms with Crippen LogP contribution in [0.1, 0.15) is 54.8 Å². The van der Waals surface area contributed by atoms with Gasteiger partial charge in [-0.1, -0.05) is 24.3 Å². The third kappa shape index (κ3) is 4.94. The van der Waals surface area contributed by atoms with Gasteiger partial charge in [-0.15, -0.1) is 0 Å². The maximum atomic E-state index is 12.9. The minimum Gasteiger partial charge on any atom is -0.307 e. The van der Waals surface area contributed by atoms with Gasteiger partial charge in [-0.05, 0) is 67.5 Å². The molecule has 3 nitrogen and oxygen atoms in total. The molecule has 1 aliphatic rings. The summed E-state index contributed by atoms with van der Waals surface area (Å²) >= 11 is 0. The van der Waals surface area contributed by atoms with Crippen LogP contribution in [0.15, 0.2) is 53.4 Å². The summed E-state index contributed by atoms with van der Waals surface area (Å²) < 4.78 is 61.9. The monoisotopic (exact) mass is 411 g/mol. The summed E-state index contributed by atoms with van der Waals surface area (Å²) in [6, 6.07) is 12.5. The fraction of sp³-hybridized carbons (Fsp3) is 0.429. The van der Waals surface area contributed by atoms with Gasteiger partial charge in [0.2, 0.25) is 0 Å². The van der Waals surface area contributed by atoms with Crippen LogP contribution in [0.5, 0.6) is 0 Å². The van der Waals surface area contributed by atoms with Crippen molar-refractivity contribution in [3.8, 4) is 0 Å². The highest BCUT2D eigenvalue weighted by Crippen LogP contribution is 2.36. The maximum Gasteiger partial charge on any atom is 0.416 e. The number of hydrogen-bond acceptors (Lipinski definition) is 3. The van der Waals surface area contributed by atoms with Gasteiger partial charge in [-0.2, -0.15) is 13.2 Å². The first-order chi connectivity index (χ1) is 13.0. The summed E-state index contributed by atoms with van der Waals surface area (Å²) in [4.78, 5) is 0.307. The van der Waals surface area contributed by atoms with E-state index in [1.807, 2.05) is 19.1 Å². The molecule has 2 aromatic carbocycles. The summed E-state index contributed by atoms with van der Waals surface area (Å²) in [6.07, 6.45) is -0.381. The van der Waals surface area contributed by atoms with Crippen LogP contribution < -0.4 is 5.32 Å². The second kappa shape index (κ2) is 7.87. The van der Waals surface area contributed by atoms with Gasteiger partial charge in [0.25, 0.3) is 0 Å². The summed E-state index contributed by atoms with van der Waals surface area (Å²) in [6.45, 7) is 1.88. The van der Waals surface area contributed by atoms with Crippen molar-refractivity contribution in [3.05, 3.63) is 65.2 Å². The second-order valence-electron chi connectivity index (χ2n) is 7.56. The van der Waals surface area contributed by atoms with Gasteiger partial charge in [-0.25, -0.2) is 8.42 Å². The molecule has 1 N–H and O–H groups in total. The van der Waals surface area contributed by atoms with Crippen molar-refractivity contribution >= 4 is 9.84 Å². The van der Waals surface area contributed by atoms with Crippen LogP contribution in [0.25, 0.3) is 0 Å². The Morgan fingerprint density at radius 3 is 2.36 bits per heavy atom. The van der Waals surface area contributed by atoms with Crippen molar-refractivity contribution in [2.75, 3.05) is 6.26 Å². The molecule has 1 unspecified atom stereocenters. The molecular formula is C21H24F3NO2S. The summed E-state index contributed by atoms with van der Waals surface area (Å²) in [7, 11) is -3.21. The molecule has 152 valence electrons. The lowest BCUT2D eigenvalue weighted by molar-refractivity contribution is -0.137. The number of nitrogens with one attached hydrogen (secondary N) is 1. The van der Waals surface area contributed by atoms with Crippen molar-refractivity contribution < 1.29 is 21.6 Å². The molecule has 0 bridgehead atoms. The molecule has 0 heterocycles. The van der Waals surface area contributed by atoms with Gasteiger partial charge in [0.05, 0.1) is 10.5 Å². The van der Waals surface area contributed by atoms with E-state index in [1.54, 1.807) is 18.2 Å². The fourth-order valence-electron chi connectivity index (χ4n) is 3.86. The molecule has 3 rings (SSSR count). The van der Waals surface area contributed by atoms with E-state index in [-0.39, 0.29) is 12.1 Å². The van der Waals surface area contributed by atoms with Crippen LogP contribution in [0.2, 0.25) is 0 Å². The molecule has 7 heteroatoms. The lowest BCUT2D eigenvalue weighted by Gasteiger charge is -2.21. The van der Waals surface area contributed by atoms with E-state index in [4.69, 9.17) is 0 Å². The molecule has 1 saturated carbocycles. The van der Waals surface area contributed by atoms with Crippen molar-refractivity contribution in [3.63, 3.8) is 0 Å². The highest BCUT2D eigenvalue weighted by atomic mass is 32.2. The molecule has 28 heavy (non-hydrogen) atoms. The van der Waals surface area contributed by atoms with E-state index in [1.165, 1.54) is 18.4 Å². The highest BCUT2D eigenvalue weighted by molar-refractivity contribution is 7.90. The average Bonchev–Trinajstić information content (AvgIpc) is 3.09. The van der Waals surface area contributed by atoms with Crippen LogP contribution in [-0.4, -0.2) is 20.7 Å². The van der Waals surface area contributed by atoms with Gasteiger partial charge in [-0.3, -0.25) is 0 Å². The molecule has 0 aromatic heterocycles. The van der Waals surface area contributed by atoms with E-state index in [2.05, 4.69) is 5.32 Å². The number of benzene rings is 2. The Morgan fingerprint density at radius 2 is 1.75 bits per heavy atom. The number of rotatable bonds is 5. The van der Waals surface area contributed by atoms with E-state index >= 15 is 0 Å². The number of hydrogen-bond donors (Lipinski definition) is 1. The summed E-state index contributed by atoms with van der Waals surface area (Å²) in [5.74, 6) is 0.319. The Balaban J connectivity index is 1.63. The minimum atomic E-state index is -4.34. The van der Waals surface area contributed by atoms with Crippen molar-refractivity contribution in [1.29, 1.82) is 0 Å². The third-order valence-electron chi connectivity index (χ3n) is 5.41. The Morgan fingerprint density at radius 1 is 1.07 bits per heavy atom. The third-order valence-corrected chi connectivity index (χ3v) is 6.54. The molecule has 0 aliphatic heterocycles. The van der Waals surface area contributed by atoms with Gasteiger partial charge in [0.1, 0.15) is 0 Å². The number of alkyl halides is 3. The molecule has 1 fully saturated rings. The van der Waals surface area contributed by atoms with Gasteiger partial charge >= 0.3 is 6.18 Å². The second-order valence-corrected chi connectivity index (χ2v) is 9.58. The zero-order valence-corrected chi connectivity index (χ0v) is 16.6. The number of sulfone groups is 1. The molecule has 0 amide bonds. The predicted octanol–water partition coefficient (Wildman–Crippen LogP) is 5.10. The molecular weight excluding hydrogens is 387 g/mol. The first-order valence-electron chi connectivity index (χ1n) is 9.27. The van der Waals surface area contributed by atoms with Crippen molar-refractivity contribution in [2.24, 2.45) is 0 Å². The zero-order valence-electron chi connectivity index (χ0n) is 15.8. The molecule has 1 aliphatic carbocycles. The molecule has 0 radical (unpaired) electrons. The van der Waals surface area contributed by atoms with Crippen molar-refractivity contribution in [1.82, 2.24) is 5.32 Å². The van der Waals surface area contributed by atoms with Crippen LogP contribution in [-0.2, 0) is 16.0 Å². The quantitative estimate of drug-likeness (QED) is 0.745. The molecule has 0 spiro atoms. The Bertz CT molecular complexity index is 923. The topological polar surface area (TPSA) is 46.2 Å². The lowest BCUT2D eigenvalue weighted by atomic mass is 9.97. The summed E-state index contributed by atoms with van der Waals surface area (Å²) in [5.41, 5.74) is 1.09. The van der Waals surface area contributed by atoms with Gasteiger partial charge < -0.3 is 5.32 Å². The van der Waals surface area contributed by atoms with E-state index in [0.29, 0.717) is 16.4 Å². The first-order valence-corrected chi connectivity index (χ1v) is 11.2. The van der Waals surface area contributed by atoms with Crippen LogP contribution in [0.4, 0.5) is 13.2 Å². The van der Waals surface area contributed by atoms with Crippen LogP contribution in [0.3, 0.4) is 0 Å². The standard InChI is InChI=1S/C21H24F3NO2S/c1-14(16-4-3-5-18(12-16)21(22,23)24)25-19-9-6-17(13-19)15-7-10-20(11-8-15)28(2,26)27/h3-5,7-8,10-12,14,17,19,25H,6,9,13H2,1-2H3/t14-,17?,19+/m1/s1.